The molecule has 0 atom stereocenters. The molecule has 0 aliphatic heterocycles. The number of hydrogen-bond acceptors (Lipinski definition) is 2. The second-order valence-electron chi connectivity index (χ2n) is 5.17. The summed E-state index contributed by atoms with van der Waals surface area (Å²) in [5.41, 5.74) is 4.04. The first-order valence-corrected chi connectivity index (χ1v) is 7.11. The molecule has 1 heterocycles. The fourth-order valence-electron chi connectivity index (χ4n) is 2.33. The van der Waals surface area contributed by atoms with E-state index in [1.807, 2.05) is 44.2 Å². The maximum absolute atomic E-state index is 12.6. The van der Waals surface area contributed by atoms with E-state index in [0.29, 0.717) is 16.1 Å². The highest BCUT2D eigenvalue weighted by Gasteiger charge is 2.13. The summed E-state index contributed by atoms with van der Waals surface area (Å²) < 4.78 is 0. The molecule has 0 spiro atoms. The van der Waals surface area contributed by atoms with Crippen molar-refractivity contribution in [3.63, 3.8) is 0 Å². The van der Waals surface area contributed by atoms with E-state index in [1.165, 1.54) is 0 Å². The van der Waals surface area contributed by atoms with Crippen LogP contribution < -0.4 is 0 Å². The SMILES string of the molecule is Cc1ccc(C(=O)c2ccc3nc(C)ccc3c2)c(Cl)c1. The first kappa shape index (κ1) is 13.8. The first-order valence-electron chi connectivity index (χ1n) is 6.73. The smallest absolute Gasteiger partial charge is 0.194 e. The molecule has 0 saturated heterocycles. The molecule has 0 amide bonds. The van der Waals surface area contributed by atoms with Crippen molar-refractivity contribution >= 4 is 28.3 Å². The summed E-state index contributed by atoms with van der Waals surface area (Å²) in [5.74, 6) is -0.0672. The summed E-state index contributed by atoms with van der Waals surface area (Å²) >= 11 is 6.18. The zero-order chi connectivity index (χ0) is 15.0. The lowest BCUT2D eigenvalue weighted by atomic mass is 10.0. The highest BCUT2D eigenvalue weighted by atomic mass is 35.5. The number of aromatic nitrogens is 1. The first-order chi connectivity index (χ1) is 10.0. The number of carbonyl (C=O) groups excluding carboxylic acids is 1. The molecule has 3 rings (SSSR count). The van der Waals surface area contributed by atoms with Gasteiger partial charge in [-0.2, -0.15) is 0 Å². The van der Waals surface area contributed by atoms with E-state index in [0.717, 1.165) is 22.2 Å². The monoisotopic (exact) mass is 295 g/mol. The van der Waals surface area contributed by atoms with E-state index in [1.54, 1.807) is 18.2 Å². The van der Waals surface area contributed by atoms with Crippen molar-refractivity contribution in [2.75, 3.05) is 0 Å². The molecule has 0 saturated carbocycles. The largest absolute Gasteiger partial charge is 0.289 e. The number of nitrogens with zero attached hydrogens (tertiary/aromatic N) is 1. The number of fused-ring (bicyclic) bond motifs is 1. The van der Waals surface area contributed by atoms with Gasteiger partial charge in [0.1, 0.15) is 0 Å². The lowest BCUT2D eigenvalue weighted by Crippen LogP contribution is -2.02. The Morgan fingerprint density at radius 3 is 2.57 bits per heavy atom. The number of halogens is 1. The third kappa shape index (κ3) is 2.67. The van der Waals surface area contributed by atoms with Crippen LogP contribution in [0.5, 0.6) is 0 Å². The molecule has 0 aliphatic rings. The number of benzene rings is 2. The van der Waals surface area contributed by atoms with Crippen molar-refractivity contribution in [2.45, 2.75) is 13.8 Å². The predicted molar refractivity (Wildman–Crippen MR) is 86.1 cm³/mol. The number of hydrogen-bond donors (Lipinski definition) is 0. The van der Waals surface area contributed by atoms with Crippen molar-refractivity contribution in [2.24, 2.45) is 0 Å². The molecule has 0 bridgehead atoms. The third-order valence-electron chi connectivity index (χ3n) is 3.46. The molecule has 2 nitrogen and oxygen atoms in total. The number of rotatable bonds is 2. The molecule has 21 heavy (non-hydrogen) atoms. The summed E-state index contributed by atoms with van der Waals surface area (Å²) in [7, 11) is 0. The standard InChI is InChI=1S/C18H14ClNO/c1-11-3-7-15(16(19)9-11)18(21)14-6-8-17-13(10-14)5-4-12(2)20-17/h3-10H,1-2H3. The third-order valence-corrected chi connectivity index (χ3v) is 3.77. The summed E-state index contributed by atoms with van der Waals surface area (Å²) in [5, 5.41) is 1.44. The van der Waals surface area contributed by atoms with Gasteiger partial charge in [0, 0.05) is 22.2 Å². The van der Waals surface area contributed by atoms with Crippen molar-refractivity contribution in [3.8, 4) is 0 Å². The minimum atomic E-state index is -0.0672. The molecule has 3 aromatic rings. The van der Waals surface area contributed by atoms with Gasteiger partial charge in [-0.05, 0) is 55.8 Å². The van der Waals surface area contributed by atoms with Crippen molar-refractivity contribution in [3.05, 3.63) is 75.9 Å². The minimum Gasteiger partial charge on any atom is -0.289 e. The Hall–Kier alpha value is -2.19. The average molecular weight is 296 g/mol. The topological polar surface area (TPSA) is 30.0 Å². The Morgan fingerprint density at radius 2 is 1.81 bits per heavy atom. The van der Waals surface area contributed by atoms with Crippen LogP contribution in [0.15, 0.2) is 48.5 Å². The highest BCUT2D eigenvalue weighted by Crippen LogP contribution is 2.23. The van der Waals surface area contributed by atoms with E-state index >= 15 is 0 Å². The molecule has 0 unspecified atom stereocenters. The fraction of sp³-hybridized carbons (Fsp3) is 0.111. The summed E-state index contributed by atoms with van der Waals surface area (Å²) in [6.45, 7) is 3.90. The summed E-state index contributed by atoms with van der Waals surface area (Å²) in [4.78, 5) is 17.0. The van der Waals surface area contributed by atoms with E-state index in [9.17, 15) is 4.79 Å². The maximum Gasteiger partial charge on any atom is 0.194 e. The molecular formula is C18H14ClNO. The minimum absolute atomic E-state index is 0.0672. The number of pyridine rings is 1. The number of aryl methyl sites for hydroxylation is 2. The van der Waals surface area contributed by atoms with Gasteiger partial charge < -0.3 is 0 Å². The van der Waals surface area contributed by atoms with Crippen molar-refractivity contribution < 1.29 is 4.79 Å². The molecule has 0 radical (unpaired) electrons. The van der Waals surface area contributed by atoms with Gasteiger partial charge in [0.15, 0.2) is 5.78 Å². The van der Waals surface area contributed by atoms with E-state index in [4.69, 9.17) is 11.6 Å². The Morgan fingerprint density at radius 1 is 1.00 bits per heavy atom. The molecule has 0 N–H and O–H groups in total. The predicted octanol–water partition coefficient (Wildman–Crippen LogP) is 4.74. The van der Waals surface area contributed by atoms with Crippen LogP contribution in [0.25, 0.3) is 10.9 Å². The van der Waals surface area contributed by atoms with Gasteiger partial charge in [0.25, 0.3) is 0 Å². The quantitative estimate of drug-likeness (QED) is 0.639. The molecule has 3 heteroatoms. The van der Waals surface area contributed by atoms with E-state index in [2.05, 4.69) is 4.98 Å². The van der Waals surface area contributed by atoms with E-state index < -0.39 is 0 Å². The van der Waals surface area contributed by atoms with Crippen LogP contribution in [0.3, 0.4) is 0 Å². The molecule has 2 aromatic carbocycles. The fourth-order valence-corrected chi connectivity index (χ4v) is 2.65. The zero-order valence-electron chi connectivity index (χ0n) is 11.9. The van der Waals surface area contributed by atoms with Gasteiger partial charge in [-0.15, -0.1) is 0 Å². The van der Waals surface area contributed by atoms with Gasteiger partial charge in [-0.1, -0.05) is 23.7 Å². The van der Waals surface area contributed by atoms with Crippen LogP contribution in [0.1, 0.15) is 27.2 Å². The van der Waals surface area contributed by atoms with E-state index in [-0.39, 0.29) is 5.78 Å². The van der Waals surface area contributed by atoms with Crippen LogP contribution in [-0.4, -0.2) is 10.8 Å². The lowest BCUT2D eigenvalue weighted by molar-refractivity contribution is 0.103. The van der Waals surface area contributed by atoms with Crippen LogP contribution >= 0.6 is 11.6 Å². The Labute approximate surface area is 128 Å². The highest BCUT2D eigenvalue weighted by molar-refractivity contribution is 6.35. The Balaban J connectivity index is 2.07. The second kappa shape index (κ2) is 5.30. The molecular weight excluding hydrogens is 282 g/mol. The van der Waals surface area contributed by atoms with Gasteiger partial charge in [0.2, 0.25) is 0 Å². The van der Waals surface area contributed by atoms with Gasteiger partial charge in [-0.3, -0.25) is 9.78 Å². The van der Waals surface area contributed by atoms with Crippen LogP contribution in [0.2, 0.25) is 5.02 Å². The van der Waals surface area contributed by atoms with Crippen LogP contribution in [0, 0.1) is 13.8 Å². The van der Waals surface area contributed by atoms with Gasteiger partial charge >= 0.3 is 0 Å². The van der Waals surface area contributed by atoms with Gasteiger partial charge in [0.05, 0.1) is 10.5 Å². The molecule has 0 aliphatic carbocycles. The average Bonchev–Trinajstić information content (AvgIpc) is 2.46. The molecule has 0 fully saturated rings. The van der Waals surface area contributed by atoms with Crippen molar-refractivity contribution in [1.29, 1.82) is 0 Å². The maximum atomic E-state index is 12.6. The summed E-state index contributed by atoms with van der Waals surface area (Å²) in [6.07, 6.45) is 0. The van der Waals surface area contributed by atoms with Crippen LogP contribution in [-0.2, 0) is 0 Å². The number of ketones is 1. The Kier molecular flexibility index (Phi) is 3.48. The Bertz CT molecular complexity index is 855. The van der Waals surface area contributed by atoms with Gasteiger partial charge in [-0.25, -0.2) is 0 Å². The zero-order valence-corrected chi connectivity index (χ0v) is 12.6. The molecule has 104 valence electrons. The van der Waals surface area contributed by atoms with Crippen LogP contribution in [0.4, 0.5) is 0 Å². The van der Waals surface area contributed by atoms with Crippen molar-refractivity contribution in [1.82, 2.24) is 4.98 Å². The summed E-state index contributed by atoms with van der Waals surface area (Å²) in [6, 6.07) is 14.9. The normalized spacial score (nSPS) is 10.8. The molecule has 1 aromatic heterocycles. The number of carbonyl (C=O) groups is 1. The lowest BCUT2D eigenvalue weighted by Gasteiger charge is -2.06. The second-order valence-corrected chi connectivity index (χ2v) is 5.58.